The fraction of sp³-hybridized carbons (Fsp3) is 0.600. The Morgan fingerprint density at radius 3 is 2.64 bits per heavy atom. The number of nitrogens with zero attached hydrogens (tertiary/aromatic N) is 1. The van der Waals surface area contributed by atoms with Crippen LogP contribution in [0.5, 0.6) is 0 Å². The lowest BCUT2D eigenvalue weighted by Gasteiger charge is -2.40. The van der Waals surface area contributed by atoms with E-state index < -0.39 is 12.0 Å². The number of carbonyl (C=O) groups is 2. The van der Waals surface area contributed by atoms with E-state index in [1.54, 1.807) is 0 Å². The molecule has 1 amide bonds. The lowest BCUT2D eigenvalue weighted by atomic mass is 9.96. The lowest BCUT2D eigenvalue weighted by molar-refractivity contribution is -0.312. The number of hydrogen-bond donors (Lipinski definition) is 0. The van der Waals surface area contributed by atoms with Gasteiger partial charge >= 0.3 is 0 Å². The minimum Gasteiger partial charge on any atom is -0.548 e. The van der Waals surface area contributed by atoms with E-state index in [1.807, 2.05) is 6.92 Å². The third-order valence-corrected chi connectivity index (χ3v) is 2.61. The van der Waals surface area contributed by atoms with Crippen molar-refractivity contribution in [1.29, 1.82) is 0 Å². The summed E-state index contributed by atoms with van der Waals surface area (Å²) in [5, 5.41) is 10.8. The average Bonchev–Trinajstić information content (AvgIpc) is 2.16. The summed E-state index contributed by atoms with van der Waals surface area (Å²) in [5.74, 6) is -1.50. The molecule has 0 radical (unpaired) electrons. The molecule has 0 aromatic carbocycles. The Morgan fingerprint density at radius 2 is 2.14 bits per heavy atom. The molecule has 2 unspecified atom stereocenters. The maximum Gasteiger partial charge on any atom is 0.246 e. The van der Waals surface area contributed by atoms with Gasteiger partial charge in [0, 0.05) is 6.04 Å². The first kappa shape index (κ1) is 10.8. The van der Waals surface area contributed by atoms with Crippen LogP contribution >= 0.6 is 0 Å². The van der Waals surface area contributed by atoms with Gasteiger partial charge in [0.2, 0.25) is 5.91 Å². The number of aliphatic carboxylic acids is 1. The van der Waals surface area contributed by atoms with E-state index in [4.69, 9.17) is 0 Å². The highest BCUT2D eigenvalue weighted by Gasteiger charge is 2.30. The quantitative estimate of drug-likeness (QED) is 0.569. The normalized spacial score (nSPS) is 27.1. The molecule has 4 heteroatoms. The Kier molecular flexibility index (Phi) is 3.28. The molecule has 2 atom stereocenters. The summed E-state index contributed by atoms with van der Waals surface area (Å²) in [4.78, 5) is 23.6. The van der Waals surface area contributed by atoms with Gasteiger partial charge in [0.15, 0.2) is 0 Å². The number of carbonyl (C=O) groups excluding carboxylic acids is 2. The van der Waals surface area contributed by atoms with Gasteiger partial charge < -0.3 is 14.8 Å². The Balaban J connectivity index is 2.86. The topological polar surface area (TPSA) is 60.4 Å². The van der Waals surface area contributed by atoms with Crippen molar-refractivity contribution in [2.45, 2.75) is 38.3 Å². The Bertz CT molecular complexity index is 262. The van der Waals surface area contributed by atoms with Crippen LogP contribution in [0.15, 0.2) is 12.7 Å². The molecule has 1 heterocycles. The van der Waals surface area contributed by atoms with E-state index in [-0.39, 0.29) is 11.9 Å². The molecular formula is C10H14NO3-. The average molecular weight is 196 g/mol. The van der Waals surface area contributed by atoms with Crippen LogP contribution in [0.4, 0.5) is 0 Å². The van der Waals surface area contributed by atoms with Crippen LogP contribution in [0.25, 0.3) is 0 Å². The maximum atomic E-state index is 11.4. The molecule has 0 spiro atoms. The molecule has 4 nitrogen and oxygen atoms in total. The molecule has 1 fully saturated rings. The highest BCUT2D eigenvalue weighted by molar-refractivity contribution is 5.90. The maximum absolute atomic E-state index is 11.4. The molecule has 0 saturated carbocycles. The molecule has 14 heavy (non-hydrogen) atoms. The number of carboxylic acids is 1. The smallest absolute Gasteiger partial charge is 0.246 e. The summed E-state index contributed by atoms with van der Waals surface area (Å²) in [7, 11) is 0. The van der Waals surface area contributed by atoms with Gasteiger partial charge in [-0.05, 0) is 32.3 Å². The standard InChI is InChI=1S/C10H15NO3/c1-3-9(12)11-7(2)5-4-6-8(11)10(13)14/h3,7-8H,1,4-6H2,2H3,(H,13,14)/p-1. The molecule has 1 aliphatic rings. The number of piperidine rings is 1. The number of carboxylic acid groups (broad SMARTS) is 1. The van der Waals surface area contributed by atoms with Crippen LogP contribution in [0.2, 0.25) is 0 Å². The van der Waals surface area contributed by atoms with E-state index in [1.165, 1.54) is 4.90 Å². The zero-order chi connectivity index (χ0) is 10.7. The van der Waals surface area contributed by atoms with Crippen molar-refractivity contribution < 1.29 is 14.7 Å². The van der Waals surface area contributed by atoms with Crippen molar-refractivity contribution in [2.24, 2.45) is 0 Å². The summed E-state index contributed by atoms with van der Waals surface area (Å²) in [6, 6.07) is -0.832. The largest absolute Gasteiger partial charge is 0.548 e. The molecule has 1 aliphatic heterocycles. The summed E-state index contributed by atoms with van der Waals surface area (Å²) in [5.41, 5.74) is 0. The molecule has 1 rings (SSSR count). The summed E-state index contributed by atoms with van der Waals surface area (Å²) < 4.78 is 0. The van der Waals surface area contributed by atoms with E-state index in [0.29, 0.717) is 6.42 Å². The second-order valence-electron chi connectivity index (χ2n) is 3.56. The van der Waals surface area contributed by atoms with Gasteiger partial charge in [0.25, 0.3) is 0 Å². The second kappa shape index (κ2) is 4.26. The predicted molar refractivity (Wildman–Crippen MR) is 49.2 cm³/mol. The Hall–Kier alpha value is -1.32. The van der Waals surface area contributed by atoms with Crippen molar-refractivity contribution in [2.75, 3.05) is 0 Å². The lowest BCUT2D eigenvalue weighted by Crippen LogP contribution is -2.55. The van der Waals surface area contributed by atoms with Gasteiger partial charge in [0.1, 0.15) is 0 Å². The third-order valence-electron chi connectivity index (χ3n) is 2.61. The number of amides is 1. The first-order valence-corrected chi connectivity index (χ1v) is 4.73. The minimum atomic E-state index is -1.17. The fourth-order valence-corrected chi connectivity index (χ4v) is 1.90. The summed E-state index contributed by atoms with van der Waals surface area (Å²) in [6.45, 7) is 5.20. The first-order chi connectivity index (χ1) is 6.57. The van der Waals surface area contributed by atoms with E-state index in [2.05, 4.69) is 6.58 Å². The van der Waals surface area contributed by atoms with Crippen molar-refractivity contribution >= 4 is 11.9 Å². The van der Waals surface area contributed by atoms with Gasteiger partial charge in [-0.1, -0.05) is 6.58 Å². The molecule has 0 aliphatic carbocycles. The van der Waals surface area contributed by atoms with Gasteiger partial charge in [-0.15, -0.1) is 0 Å². The Morgan fingerprint density at radius 1 is 1.50 bits per heavy atom. The van der Waals surface area contributed by atoms with Gasteiger partial charge in [-0.2, -0.15) is 0 Å². The van der Waals surface area contributed by atoms with Crippen molar-refractivity contribution in [3.8, 4) is 0 Å². The van der Waals surface area contributed by atoms with Gasteiger partial charge in [-0.25, -0.2) is 0 Å². The van der Waals surface area contributed by atoms with Crippen molar-refractivity contribution in [3.05, 3.63) is 12.7 Å². The monoisotopic (exact) mass is 196 g/mol. The van der Waals surface area contributed by atoms with Crippen LogP contribution in [0.1, 0.15) is 26.2 Å². The van der Waals surface area contributed by atoms with E-state index in [0.717, 1.165) is 18.9 Å². The van der Waals surface area contributed by atoms with E-state index >= 15 is 0 Å². The van der Waals surface area contributed by atoms with Crippen molar-refractivity contribution in [3.63, 3.8) is 0 Å². The molecule has 0 bridgehead atoms. The first-order valence-electron chi connectivity index (χ1n) is 4.73. The zero-order valence-electron chi connectivity index (χ0n) is 8.23. The van der Waals surface area contributed by atoms with Crippen LogP contribution in [0.3, 0.4) is 0 Å². The Labute approximate surface area is 83.2 Å². The minimum absolute atomic E-state index is 0.0443. The molecule has 0 aromatic heterocycles. The molecule has 78 valence electrons. The predicted octanol–water partition coefficient (Wildman–Crippen LogP) is -0.308. The van der Waals surface area contributed by atoms with Crippen LogP contribution in [0, 0.1) is 0 Å². The van der Waals surface area contributed by atoms with Gasteiger partial charge in [0.05, 0.1) is 12.0 Å². The zero-order valence-corrected chi connectivity index (χ0v) is 8.23. The number of rotatable bonds is 2. The number of likely N-dealkylation sites (tertiary alicyclic amines) is 1. The highest BCUT2D eigenvalue weighted by Crippen LogP contribution is 2.22. The van der Waals surface area contributed by atoms with Crippen molar-refractivity contribution in [1.82, 2.24) is 4.90 Å². The van der Waals surface area contributed by atoms with Crippen LogP contribution in [-0.4, -0.2) is 28.9 Å². The highest BCUT2D eigenvalue weighted by atomic mass is 16.4. The third kappa shape index (κ3) is 1.95. The molecule has 1 saturated heterocycles. The molecule has 0 aromatic rings. The van der Waals surface area contributed by atoms with Crippen LogP contribution < -0.4 is 5.11 Å². The van der Waals surface area contributed by atoms with E-state index in [9.17, 15) is 14.7 Å². The second-order valence-corrected chi connectivity index (χ2v) is 3.56. The van der Waals surface area contributed by atoms with Gasteiger partial charge in [-0.3, -0.25) is 4.79 Å². The number of hydrogen-bond acceptors (Lipinski definition) is 3. The van der Waals surface area contributed by atoms with Crippen LogP contribution in [-0.2, 0) is 9.59 Å². The summed E-state index contributed by atoms with van der Waals surface area (Å²) >= 11 is 0. The fourth-order valence-electron chi connectivity index (χ4n) is 1.90. The molecular weight excluding hydrogens is 182 g/mol. The molecule has 0 N–H and O–H groups in total. The summed E-state index contributed by atoms with van der Waals surface area (Å²) in [6.07, 6.45) is 3.29. The SMILES string of the molecule is C=CC(=O)N1C(C)CCCC1C(=O)[O-].